The van der Waals surface area contributed by atoms with E-state index in [1.54, 1.807) is 17.5 Å². The molecular weight excluding hydrogens is 330 g/mol. The molecule has 1 atom stereocenters. The molecule has 1 heterocycles. The SMILES string of the molecule is O=[S@](CCCc1ccccc1Br)Cc1nccs1. The lowest BCUT2D eigenvalue weighted by atomic mass is 10.1. The molecule has 2 rings (SSSR count). The van der Waals surface area contributed by atoms with Gasteiger partial charge in [0.15, 0.2) is 0 Å². The van der Waals surface area contributed by atoms with E-state index in [2.05, 4.69) is 27.0 Å². The Balaban J connectivity index is 1.75. The summed E-state index contributed by atoms with van der Waals surface area (Å²) in [5.74, 6) is 1.33. The fourth-order valence-corrected chi connectivity index (χ4v) is 4.17. The molecule has 0 fully saturated rings. The molecule has 2 nitrogen and oxygen atoms in total. The highest BCUT2D eigenvalue weighted by Crippen LogP contribution is 2.17. The fraction of sp³-hybridized carbons (Fsp3) is 0.308. The number of halogens is 1. The van der Waals surface area contributed by atoms with Crippen molar-refractivity contribution >= 4 is 38.1 Å². The summed E-state index contributed by atoms with van der Waals surface area (Å²) >= 11 is 5.10. The minimum Gasteiger partial charge on any atom is -0.259 e. The van der Waals surface area contributed by atoms with Crippen molar-refractivity contribution < 1.29 is 4.21 Å². The lowest BCUT2D eigenvalue weighted by molar-refractivity contribution is 0.679. The largest absolute Gasteiger partial charge is 0.259 e. The van der Waals surface area contributed by atoms with Crippen LogP contribution in [0.25, 0.3) is 0 Å². The summed E-state index contributed by atoms with van der Waals surface area (Å²) in [7, 11) is -0.797. The van der Waals surface area contributed by atoms with Crippen LogP contribution >= 0.6 is 27.3 Å². The molecule has 5 heteroatoms. The summed E-state index contributed by atoms with van der Waals surface area (Å²) in [6, 6.07) is 8.19. The highest BCUT2D eigenvalue weighted by molar-refractivity contribution is 9.10. The van der Waals surface area contributed by atoms with E-state index in [4.69, 9.17) is 0 Å². The first-order valence-corrected chi connectivity index (χ1v) is 8.88. The van der Waals surface area contributed by atoms with Gasteiger partial charge in [-0.2, -0.15) is 0 Å². The summed E-state index contributed by atoms with van der Waals surface area (Å²) in [6.45, 7) is 0. The molecule has 0 aliphatic rings. The molecule has 0 spiro atoms. The number of benzene rings is 1. The number of thiazole rings is 1. The van der Waals surface area contributed by atoms with E-state index in [0.29, 0.717) is 5.75 Å². The van der Waals surface area contributed by atoms with Crippen molar-refractivity contribution in [1.29, 1.82) is 0 Å². The van der Waals surface area contributed by atoms with Crippen LogP contribution in [0.15, 0.2) is 40.3 Å². The van der Waals surface area contributed by atoms with E-state index < -0.39 is 10.8 Å². The number of nitrogens with zero attached hydrogens (tertiary/aromatic N) is 1. The minimum absolute atomic E-state index is 0.591. The molecule has 0 aliphatic heterocycles. The van der Waals surface area contributed by atoms with Crippen LogP contribution in [0.4, 0.5) is 0 Å². The van der Waals surface area contributed by atoms with Gasteiger partial charge in [-0.3, -0.25) is 4.21 Å². The normalized spacial score (nSPS) is 12.5. The summed E-state index contributed by atoms with van der Waals surface area (Å²) in [6.07, 6.45) is 3.67. The van der Waals surface area contributed by atoms with E-state index in [9.17, 15) is 4.21 Å². The van der Waals surface area contributed by atoms with E-state index >= 15 is 0 Å². The molecule has 0 amide bonds. The number of aryl methyl sites for hydroxylation is 1. The Morgan fingerprint density at radius 1 is 1.33 bits per heavy atom. The van der Waals surface area contributed by atoms with E-state index in [1.807, 2.05) is 23.6 Å². The van der Waals surface area contributed by atoms with Crippen molar-refractivity contribution in [3.63, 3.8) is 0 Å². The molecule has 96 valence electrons. The molecular formula is C13H14BrNOS2. The van der Waals surface area contributed by atoms with Crippen molar-refractivity contribution in [2.24, 2.45) is 0 Å². The Kier molecular flexibility index (Phi) is 5.53. The Bertz CT molecular complexity index is 513. The fourth-order valence-electron chi connectivity index (χ4n) is 1.66. The Hall–Kier alpha value is -0.520. The van der Waals surface area contributed by atoms with Crippen molar-refractivity contribution in [3.8, 4) is 0 Å². The second-order valence-electron chi connectivity index (χ2n) is 3.91. The average Bonchev–Trinajstić information content (AvgIpc) is 2.84. The van der Waals surface area contributed by atoms with Crippen LogP contribution in [0.1, 0.15) is 17.0 Å². The van der Waals surface area contributed by atoms with Crippen molar-refractivity contribution in [2.45, 2.75) is 18.6 Å². The van der Waals surface area contributed by atoms with Crippen LogP contribution in [0.3, 0.4) is 0 Å². The van der Waals surface area contributed by atoms with Crippen LogP contribution in [0.2, 0.25) is 0 Å². The topological polar surface area (TPSA) is 30.0 Å². The summed E-state index contributed by atoms with van der Waals surface area (Å²) in [4.78, 5) is 4.15. The second kappa shape index (κ2) is 7.16. The quantitative estimate of drug-likeness (QED) is 0.798. The molecule has 2 aromatic rings. The van der Waals surface area contributed by atoms with Gasteiger partial charge in [0.1, 0.15) is 5.01 Å². The summed E-state index contributed by atoms with van der Waals surface area (Å²) in [5.41, 5.74) is 1.28. The molecule has 1 aromatic heterocycles. The predicted octanol–water partition coefficient (Wildman–Crippen LogP) is 3.79. The third kappa shape index (κ3) is 4.30. The lowest BCUT2D eigenvalue weighted by Crippen LogP contribution is -2.02. The maximum absolute atomic E-state index is 11.9. The van der Waals surface area contributed by atoms with Gasteiger partial charge in [-0.25, -0.2) is 4.98 Å². The van der Waals surface area contributed by atoms with Crippen LogP contribution in [0.5, 0.6) is 0 Å². The standard InChI is InChI=1S/C13H14BrNOS2/c14-12-6-2-1-4-11(12)5-3-9-18(16)10-13-15-7-8-17-13/h1-2,4,6-8H,3,5,9-10H2/t18-/m1/s1. The first kappa shape index (κ1) is 13.9. The van der Waals surface area contributed by atoms with E-state index in [-0.39, 0.29) is 0 Å². The number of aromatic nitrogens is 1. The zero-order valence-electron chi connectivity index (χ0n) is 9.84. The van der Waals surface area contributed by atoms with Gasteiger partial charge >= 0.3 is 0 Å². The first-order chi connectivity index (χ1) is 8.75. The van der Waals surface area contributed by atoms with Crippen LogP contribution in [-0.2, 0) is 23.0 Å². The van der Waals surface area contributed by atoms with Crippen molar-refractivity contribution in [1.82, 2.24) is 4.98 Å². The van der Waals surface area contributed by atoms with Gasteiger partial charge in [0, 0.05) is 32.6 Å². The van der Waals surface area contributed by atoms with E-state index in [0.717, 1.165) is 28.1 Å². The van der Waals surface area contributed by atoms with Crippen molar-refractivity contribution in [2.75, 3.05) is 5.75 Å². The Morgan fingerprint density at radius 3 is 2.89 bits per heavy atom. The molecule has 0 N–H and O–H groups in total. The first-order valence-electron chi connectivity index (χ1n) is 5.72. The highest BCUT2D eigenvalue weighted by atomic mass is 79.9. The van der Waals surface area contributed by atoms with Gasteiger partial charge in [0.2, 0.25) is 0 Å². The molecule has 0 unspecified atom stereocenters. The molecule has 0 bridgehead atoms. The molecule has 0 saturated heterocycles. The zero-order valence-corrected chi connectivity index (χ0v) is 13.1. The van der Waals surface area contributed by atoms with Crippen LogP contribution in [-0.4, -0.2) is 14.9 Å². The van der Waals surface area contributed by atoms with Crippen molar-refractivity contribution in [3.05, 3.63) is 50.9 Å². The predicted molar refractivity (Wildman–Crippen MR) is 81.3 cm³/mol. The molecule has 1 aromatic carbocycles. The van der Waals surface area contributed by atoms with Gasteiger partial charge in [-0.1, -0.05) is 34.1 Å². The number of hydrogen-bond donors (Lipinski definition) is 0. The average molecular weight is 344 g/mol. The maximum Gasteiger partial charge on any atom is 0.105 e. The third-order valence-corrected chi connectivity index (χ3v) is 5.62. The number of hydrogen-bond acceptors (Lipinski definition) is 3. The summed E-state index contributed by atoms with van der Waals surface area (Å²) < 4.78 is 13.0. The van der Waals surface area contributed by atoms with Gasteiger partial charge in [-0.05, 0) is 24.5 Å². The van der Waals surface area contributed by atoms with E-state index in [1.165, 1.54) is 5.56 Å². The molecule has 18 heavy (non-hydrogen) atoms. The van der Waals surface area contributed by atoms with Gasteiger partial charge in [-0.15, -0.1) is 11.3 Å². The highest BCUT2D eigenvalue weighted by Gasteiger charge is 2.05. The van der Waals surface area contributed by atoms with Crippen LogP contribution in [0, 0.1) is 0 Å². The molecule has 0 aliphatic carbocycles. The Morgan fingerprint density at radius 2 is 2.17 bits per heavy atom. The third-order valence-electron chi connectivity index (χ3n) is 2.54. The van der Waals surface area contributed by atoms with Gasteiger partial charge in [0.05, 0.1) is 5.75 Å². The minimum atomic E-state index is -0.797. The smallest absolute Gasteiger partial charge is 0.105 e. The molecule has 0 saturated carbocycles. The van der Waals surface area contributed by atoms with Gasteiger partial charge < -0.3 is 0 Å². The lowest BCUT2D eigenvalue weighted by Gasteiger charge is -2.04. The monoisotopic (exact) mass is 343 g/mol. The Labute approximate surface area is 122 Å². The summed E-state index contributed by atoms with van der Waals surface area (Å²) in [5, 5.41) is 2.89. The maximum atomic E-state index is 11.9. The van der Waals surface area contributed by atoms with Crippen LogP contribution < -0.4 is 0 Å². The number of rotatable bonds is 6. The molecule has 0 radical (unpaired) electrons. The van der Waals surface area contributed by atoms with Gasteiger partial charge in [0.25, 0.3) is 0 Å². The second-order valence-corrected chi connectivity index (χ2v) is 7.32. The zero-order chi connectivity index (χ0) is 12.8.